The molecule has 6 nitrogen and oxygen atoms in total. The van der Waals surface area contributed by atoms with E-state index in [1.54, 1.807) is 12.1 Å². The van der Waals surface area contributed by atoms with Crippen LogP contribution in [0.2, 0.25) is 0 Å². The van der Waals surface area contributed by atoms with Crippen LogP contribution in [0.1, 0.15) is 11.4 Å². The molecule has 0 saturated heterocycles. The smallest absolute Gasteiger partial charge is 0.341 e. The van der Waals surface area contributed by atoms with Gasteiger partial charge in [0, 0.05) is 11.3 Å². The van der Waals surface area contributed by atoms with E-state index in [0.717, 1.165) is 22.6 Å². The van der Waals surface area contributed by atoms with E-state index in [9.17, 15) is 4.79 Å². The normalized spacial score (nSPS) is 10.9. The second kappa shape index (κ2) is 8.87. The Morgan fingerprint density at radius 2 is 1.53 bits per heavy atom. The van der Waals surface area contributed by atoms with Crippen molar-refractivity contribution in [1.82, 2.24) is 14.8 Å². The molecule has 4 aromatic rings. The summed E-state index contributed by atoms with van der Waals surface area (Å²) < 4.78 is 7.17. The summed E-state index contributed by atoms with van der Waals surface area (Å²) in [6.07, 6.45) is 3.83. The summed E-state index contributed by atoms with van der Waals surface area (Å²) in [5, 5.41) is 17.5. The van der Waals surface area contributed by atoms with E-state index in [4.69, 9.17) is 9.84 Å². The van der Waals surface area contributed by atoms with E-state index >= 15 is 0 Å². The number of benzene rings is 3. The van der Waals surface area contributed by atoms with Crippen LogP contribution in [0, 0.1) is 0 Å². The highest BCUT2D eigenvalue weighted by Gasteiger charge is 2.13. The minimum Gasteiger partial charge on any atom is -0.482 e. The van der Waals surface area contributed by atoms with E-state index < -0.39 is 5.97 Å². The number of hydrogen-bond donors (Lipinski definition) is 1. The molecule has 0 saturated carbocycles. The first-order chi connectivity index (χ1) is 14.7. The Labute approximate surface area is 173 Å². The van der Waals surface area contributed by atoms with E-state index in [1.807, 2.05) is 89.5 Å². The van der Waals surface area contributed by atoms with Crippen molar-refractivity contribution in [3.05, 3.63) is 96.3 Å². The van der Waals surface area contributed by atoms with Crippen molar-refractivity contribution in [3.63, 3.8) is 0 Å². The zero-order valence-corrected chi connectivity index (χ0v) is 16.1. The lowest BCUT2D eigenvalue weighted by molar-refractivity contribution is -0.139. The first-order valence-electron chi connectivity index (χ1n) is 9.40. The summed E-state index contributed by atoms with van der Waals surface area (Å²) in [7, 11) is 0. The monoisotopic (exact) mass is 397 g/mol. The molecule has 0 atom stereocenters. The van der Waals surface area contributed by atoms with Crippen LogP contribution in [0.25, 0.3) is 29.2 Å². The van der Waals surface area contributed by atoms with Crippen molar-refractivity contribution in [2.24, 2.45) is 0 Å². The zero-order chi connectivity index (χ0) is 20.8. The molecule has 0 aliphatic rings. The van der Waals surface area contributed by atoms with Crippen LogP contribution in [-0.2, 0) is 4.79 Å². The average molecular weight is 397 g/mol. The number of rotatable bonds is 7. The molecule has 1 heterocycles. The molecule has 30 heavy (non-hydrogen) atoms. The number of aliphatic carboxylic acids is 1. The summed E-state index contributed by atoms with van der Waals surface area (Å²) in [4.78, 5) is 10.6. The Balaban J connectivity index is 1.64. The topological polar surface area (TPSA) is 77.2 Å². The van der Waals surface area contributed by atoms with Gasteiger partial charge in [-0.15, -0.1) is 10.2 Å². The third-order valence-electron chi connectivity index (χ3n) is 4.40. The first kappa shape index (κ1) is 19.1. The molecule has 148 valence electrons. The van der Waals surface area contributed by atoms with Crippen LogP contribution in [-0.4, -0.2) is 32.4 Å². The molecule has 4 rings (SSSR count). The summed E-state index contributed by atoms with van der Waals surface area (Å²) >= 11 is 0. The van der Waals surface area contributed by atoms with Crippen molar-refractivity contribution in [2.75, 3.05) is 6.61 Å². The molecule has 0 aliphatic carbocycles. The fraction of sp³-hybridized carbons (Fsp3) is 0.0417. The third kappa shape index (κ3) is 4.44. The molecule has 0 fully saturated rings. The van der Waals surface area contributed by atoms with Gasteiger partial charge in [0.15, 0.2) is 18.3 Å². The summed E-state index contributed by atoms with van der Waals surface area (Å²) in [6, 6.07) is 27.1. The second-order valence-corrected chi connectivity index (χ2v) is 6.50. The van der Waals surface area contributed by atoms with Crippen molar-refractivity contribution < 1.29 is 14.6 Å². The van der Waals surface area contributed by atoms with Crippen LogP contribution < -0.4 is 4.74 Å². The molecule has 3 aromatic carbocycles. The van der Waals surface area contributed by atoms with Gasteiger partial charge in [-0.3, -0.25) is 4.57 Å². The number of nitrogens with zero attached hydrogens (tertiary/aromatic N) is 3. The molecule has 0 spiro atoms. The summed E-state index contributed by atoms with van der Waals surface area (Å²) in [6.45, 7) is -0.363. The minimum absolute atomic E-state index is 0.363. The standard InChI is InChI=1S/C24H19N3O3/c28-23(29)17-30-21-14-11-18(12-15-21)13-16-22-25-26-24(19-7-3-1-4-8-19)27(22)20-9-5-2-6-10-20/h1-16H,17H2,(H,28,29)/b16-13+. The lowest BCUT2D eigenvalue weighted by Gasteiger charge is -2.09. The number of para-hydroxylation sites is 1. The van der Waals surface area contributed by atoms with Gasteiger partial charge in [-0.05, 0) is 35.9 Å². The van der Waals surface area contributed by atoms with Crippen LogP contribution in [0.3, 0.4) is 0 Å². The number of ether oxygens (including phenoxy) is 1. The fourth-order valence-electron chi connectivity index (χ4n) is 3.00. The summed E-state index contributed by atoms with van der Waals surface area (Å²) in [5.41, 5.74) is 2.88. The van der Waals surface area contributed by atoms with E-state index in [1.165, 1.54) is 0 Å². The quantitative estimate of drug-likeness (QED) is 0.494. The SMILES string of the molecule is O=C(O)COc1ccc(/C=C/c2nnc(-c3ccccc3)n2-c2ccccc2)cc1. The summed E-state index contributed by atoms with van der Waals surface area (Å²) in [5.74, 6) is 0.965. The molecule has 6 heteroatoms. The number of carboxylic acids is 1. The molecule has 0 bridgehead atoms. The van der Waals surface area contributed by atoms with E-state index in [0.29, 0.717) is 11.6 Å². The van der Waals surface area contributed by atoms with Gasteiger partial charge in [0.1, 0.15) is 5.75 Å². The number of carboxylic acid groups (broad SMARTS) is 1. The van der Waals surface area contributed by atoms with Crippen molar-refractivity contribution in [2.45, 2.75) is 0 Å². The number of carbonyl (C=O) groups is 1. The maximum atomic E-state index is 10.6. The van der Waals surface area contributed by atoms with Crippen molar-refractivity contribution in [3.8, 4) is 22.8 Å². The van der Waals surface area contributed by atoms with Gasteiger partial charge < -0.3 is 9.84 Å². The van der Waals surface area contributed by atoms with Gasteiger partial charge in [0.2, 0.25) is 0 Å². The highest BCUT2D eigenvalue weighted by molar-refractivity contribution is 5.70. The highest BCUT2D eigenvalue weighted by Crippen LogP contribution is 2.24. The lowest BCUT2D eigenvalue weighted by atomic mass is 10.2. The van der Waals surface area contributed by atoms with Gasteiger partial charge in [-0.1, -0.05) is 66.7 Å². The van der Waals surface area contributed by atoms with Gasteiger partial charge in [-0.2, -0.15) is 0 Å². The Bertz CT molecular complexity index is 1150. The van der Waals surface area contributed by atoms with Crippen LogP contribution in [0.15, 0.2) is 84.9 Å². The average Bonchev–Trinajstić information content (AvgIpc) is 3.22. The molecule has 1 aromatic heterocycles. The van der Waals surface area contributed by atoms with E-state index in [-0.39, 0.29) is 6.61 Å². The Hall–Kier alpha value is -4.19. The second-order valence-electron chi connectivity index (χ2n) is 6.50. The number of hydrogen-bond acceptors (Lipinski definition) is 4. The molecule has 0 amide bonds. The van der Waals surface area contributed by atoms with Crippen LogP contribution in [0.5, 0.6) is 5.75 Å². The van der Waals surface area contributed by atoms with Crippen molar-refractivity contribution in [1.29, 1.82) is 0 Å². The lowest BCUT2D eigenvalue weighted by Crippen LogP contribution is -2.09. The number of aromatic nitrogens is 3. The predicted octanol–water partition coefficient (Wildman–Crippen LogP) is 4.57. The largest absolute Gasteiger partial charge is 0.482 e. The Kier molecular flexibility index (Phi) is 5.66. The van der Waals surface area contributed by atoms with Gasteiger partial charge in [0.25, 0.3) is 0 Å². The Morgan fingerprint density at radius 3 is 2.20 bits per heavy atom. The molecule has 1 N–H and O–H groups in total. The maximum Gasteiger partial charge on any atom is 0.341 e. The fourth-order valence-corrected chi connectivity index (χ4v) is 3.00. The first-order valence-corrected chi connectivity index (χ1v) is 9.40. The van der Waals surface area contributed by atoms with Gasteiger partial charge in [0.05, 0.1) is 0 Å². The molecule has 0 unspecified atom stereocenters. The molecule has 0 radical (unpaired) electrons. The van der Waals surface area contributed by atoms with Gasteiger partial charge >= 0.3 is 5.97 Å². The molecular weight excluding hydrogens is 378 g/mol. The zero-order valence-electron chi connectivity index (χ0n) is 16.1. The molecular formula is C24H19N3O3. The van der Waals surface area contributed by atoms with Gasteiger partial charge in [-0.25, -0.2) is 4.79 Å². The molecule has 0 aliphatic heterocycles. The van der Waals surface area contributed by atoms with Crippen LogP contribution in [0.4, 0.5) is 0 Å². The third-order valence-corrected chi connectivity index (χ3v) is 4.40. The van der Waals surface area contributed by atoms with Crippen LogP contribution >= 0.6 is 0 Å². The predicted molar refractivity (Wildman–Crippen MR) is 115 cm³/mol. The maximum absolute atomic E-state index is 10.6. The van der Waals surface area contributed by atoms with Crippen molar-refractivity contribution >= 4 is 18.1 Å². The minimum atomic E-state index is -1.01. The Morgan fingerprint density at radius 1 is 0.867 bits per heavy atom. The van der Waals surface area contributed by atoms with E-state index in [2.05, 4.69) is 10.2 Å². The highest BCUT2D eigenvalue weighted by atomic mass is 16.5.